The Labute approximate surface area is 163 Å². The van der Waals surface area contributed by atoms with E-state index in [4.69, 9.17) is 26.3 Å². The fraction of sp³-hybridized carbons (Fsp3) is 0.300. The van der Waals surface area contributed by atoms with Crippen molar-refractivity contribution in [2.45, 2.75) is 13.0 Å². The van der Waals surface area contributed by atoms with Gasteiger partial charge in [-0.1, -0.05) is 11.6 Å². The van der Waals surface area contributed by atoms with E-state index in [-0.39, 0.29) is 5.91 Å². The number of ether oxygens (including phenoxy) is 2. The normalized spacial score (nSPS) is 14.9. The second kappa shape index (κ2) is 8.76. The third kappa shape index (κ3) is 4.91. The highest BCUT2D eigenvalue weighted by molar-refractivity contribution is 6.32. The molecule has 0 aromatic heterocycles. The molecule has 0 spiro atoms. The lowest BCUT2D eigenvalue weighted by atomic mass is 10.2. The minimum absolute atomic E-state index is 0.283. The van der Waals surface area contributed by atoms with Gasteiger partial charge in [0.2, 0.25) is 0 Å². The molecule has 7 heteroatoms. The van der Waals surface area contributed by atoms with Crippen LogP contribution in [0.4, 0.5) is 11.4 Å². The monoisotopic (exact) mass is 385 g/mol. The quantitative estimate of drug-likeness (QED) is 0.853. The number of nitrogens with zero attached hydrogens (tertiary/aromatic N) is 2. The van der Waals surface area contributed by atoms with Gasteiger partial charge in [-0.15, -0.1) is 0 Å². The van der Waals surface area contributed by atoms with Crippen molar-refractivity contribution in [3.63, 3.8) is 0 Å². The van der Waals surface area contributed by atoms with Crippen LogP contribution in [-0.4, -0.2) is 38.3 Å². The van der Waals surface area contributed by atoms with Gasteiger partial charge in [-0.2, -0.15) is 5.26 Å². The lowest BCUT2D eigenvalue weighted by molar-refractivity contribution is -0.122. The van der Waals surface area contributed by atoms with Crippen LogP contribution in [0.25, 0.3) is 0 Å². The predicted molar refractivity (Wildman–Crippen MR) is 104 cm³/mol. The third-order valence-corrected chi connectivity index (χ3v) is 4.54. The largest absolute Gasteiger partial charge is 0.479 e. The minimum Gasteiger partial charge on any atom is -0.479 e. The maximum Gasteiger partial charge on any atom is 0.265 e. The first-order valence-electron chi connectivity index (χ1n) is 8.67. The molecule has 6 nitrogen and oxygen atoms in total. The first-order valence-corrected chi connectivity index (χ1v) is 9.04. The summed E-state index contributed by atoms with van der Waals surface area (Å²) in [6, 6.07) is 14.4. The van der Waals surface area contributed by atoms with Gasteiger partial charge in [-0.25, -0.2) is 0 Å². The Morgan fingerprint density at radius 1 is 1.26 bits per heavy atom. The molecule has 1 saturated heterocycles. The van der Waals surface area contributed by atoms with Crippen molar-refractivity contribution < 1.29 is 14.3 Å². The van der Waals surface area contributed by atoms with Crippen LogP contribution in [0, 0.1) is 11.3 Å². The molecule has 1 aliphatic heterocycles. The van der Waals surface area contributed by atoms with Crippen molar-refractivity contribution >= 4 is 28.9 Å². The van der Waals surface area contributed by atoms with Crippen molar-refractivity contribution in [1.82, 2.24) is 0 Å². The molecular formula is C20H20ClN3O3. The van der Waals surface area contributed by atoms with Gasteiger partial charge in [0.1, 0.15) is 5.75 Å². The SMILES string of the molecule is C[C@@H](Oc1ccc(C#N)cc1Cl)C(=O)Nc1ccc(N2CCOCC2)cc1. The van der Waals surface area contributed by atoms with Crippen LogP contribution in [0.5, 0.6) is 5.75 Å². The Balaban J connectivity index is 1.58. The van der Waals surface area contributed by atoms with E-state index in [0.29, 0.717) is 22.0 Å². The highest BCUT2D eigenvalue weighted by Crippen LogP contribution is 2.26. The van der Waals surface area contributed by atoms with Gasteiger partial charge in [0, 0.05) is 24.5 Å². The zero-order chi connectivity index (χ0) is 19.2. The molecule has 0 radical (unpaired) electrons. The first kappa shape index (κ1) is 19.0. The van der Waals surface area contributed by atoms with Gasteiger partial charge < -0.3 is 19.7 Å². The van der Waals surface area contributed by atoms with Crippen LogP contribution in [0.15, 0.2) is 42.5 Å². The average Bonchev–Trinajstić information content (AvgIpc) is 2.70. The van der Waals surface area contributed by atoms with Crippen LogP contribution in [0.1, 0.15) is 12.5 Å². The Morgan fingerprint density at radius 2 is 1.96 bits per heavy atom. The van der Waals surface area contributed by atoms with E-state index in [2.05, 4.69) is 10.2 Å². The smallest absolute Gasteiger partial charge is 0.265 e. The number of rotatable bonds is 5. The van der Waals surface area contributed by atoms with Crippen LogP contribution in [-0.2, 0) is 9.53 Å². The molecule has 1 aliphatic rings. The van der Waals surface area contributed by atoms with Crippen molar-refractivity contribution in [2.24, 2.45) is 0 Å². The lowest BCUT2D eigenvalue weighted by Crippen LogP contribution is -2.36. The zero-order valence-corrected chi connectivity index (χ0v) is 15.7. The number of carbonyl (C=O) groups excluding carboxylic acids is 1. The van der Waals surface area contributed by atoms with E-state index in [1.807, 2.05) is 30.3 Å². The highest BCUT2D eigenvalue weighted by Gasteiger charge is 2.17. The van der Waals surface area contributed by atoms with Gasteiger partial charge >= 0.3 is 0 Å². The number of morpholine rings is 1. The summed E-state index contributed by atoms with van der Waals surface area (Å²) in [6.45, 7) is 4.83. The summed E-state index contributed by atoms with van der Waals surface area (Å²) in [5.41, 5.74) is 2.23. The number of nitriles is 1. The molecule has 1 atom stereocenters. The summed E-state index contributed by atoms with van der Waals surface area (Å²) in [4.78, 5) is 14.6. The molecule has 1 fully saturated rings. The molecular weight excluding hydrogens is 366 g/mol. The Morgan fingerprint density at radius 3 is 2.59 bits per heavy atom. The summed E-state index contributed by atoms with van der Waals surface area (Å²) < 4.78 is 11.0. The van der Waals surface area contributed by atoms with Crippen molar-refractivity contribution in [3.05, 3.63) is 53.1 Å². The second-order valence-electron chi connectivity index (χ2n) is 6.15. The molecule has 1 amide bonds. The summed E-state index contributed by atoms with van der Waals surface area (Å²) in [5.74, 6) is 0.0792. The van der Waals surface area contributed by atoms with Crippen LogP contribution < -0.4 is 15.0 Å². The number of carbonyl (C=O) groups is 1. The van der Waals surface area contributed by atoms with Gasteiger partial charge in [-0.3, -0.25) is 4.79 Å². The van der Waals surface area contributed by atoms with E-state index >= 15 is 0 Å². The summed E-state index contributed by atoms with van der Waals surface area (Å²) in [6.07, 6.45) is -0.741. The first-order chi connectivity index (χ1) is 13.1. The number of hydrogen-bond acceptors (Lipinski definition) is 5. The molecule has 2 aromatic rings. The maximum absolute atomic E-state index is 12.4. The van der Waals surface area contributed by atoms with E-state index in [9.17, 15) is 4.79 Å². The Kier molecular flexibility index (Phi) is 6.17. The molecule has 1 heterocycles. The Bertz CT molecular complexity index is 843. The fourth-order valence-electron chi connectivity index (χ4n) is 2.73. The fourth-order valence-corrected chi connectivity index (χ4v) is 2.96. The average molecular weight is 386 g/mol. The number of amides is 1. The van der Waals surface area contributed by atoms with Gasteiger partial charge in [0.15, 0.2) is 6.10 Å². The molecule has 140 valence electrons. The Hall–Kier alpha value is -2.75. The summed E-state index contributed by atoms with van der Waals surface area (Å²) in [7, 11) is 0. The molecule has 0 saturated carbocycles. The number of nitrogens with one attached hydrogen (secondary N) is 1. The number of benzene rings is 2. The van der Waals surface area contributed by atoms with E-state index < -0.39 is 6.10 Å². The third-order valence-electron chi connectivity index (χ3n) is 4.25. The molecule has 0 unspecified atom stereocenters. The van der Waals surface area contributed by atoms with E-state index in [1.165, 1.54) is 6.07 Å². The molecule has 0 bridgehead atoms. The van der Waals surface area contributed by atoms with Crippen molar-refractivity contribution in [1.29, 1.82) is 5.26 Å². The minimum atomic E-state index is -0.741. The van der Waals surface area contributed by atoms with E-state index in [1.54, 1.807) is 19.1 Å². The predicted octanol–water partition coefficient (Wildman–Crippen LogP) is 3.45. The maximum atomic E-state index is 12.4. The summed E-state index contributed by atoms with van der Waals surface area (Å²) >= 11 is 6.09. The zero-order valence-electron chi connectivity index (χ0n) is 14.9. The molecule has 0 aliphatic carbocycles. The lowest BCUT2D eigenvalue weighted by Gasteiger charge is -2.29. The van der Waals surface area contributed by atoms with Crippen molar-refractivity contribution in [2.75, 3.05) is 36.5 Å². The molecule has 27 heavy (non-hydrogen) atoms. The van der Waals surface area contributed by atoms with Crippen LogP contribution in [0.3, 0.4) is 0 Å². The van der Waals surface area contributed by atoms with Crippen LogP contribution in [0.2, 0.25) is 5.02 Å². The number of halogens is 1. The highest BCUT2D eigenvalue weighted by atomic mass is 35.5. The standard InChI is InChI=1S/C20H20ClN3O3/c1-14(27-19-7-2-15(13-22)12-18(19)21)20(25)23-16-3-5-17(6-4-16)24-8-10-26-11-9-24/h2-7,12,14H,8-11H2,1H3,(H,23,25)/t14-/m1/s1. The molecule has 3 rings (SSSR count). The second-order valence-corrected chi connectivity index (χ2v) is 6.56. The van der Waals surface area contributed by atoms with Crippen LogP contribution >= 0.6 is 11.6 Å². The molecule has 2 aromatic carbocycles. The molecule has 1 N–H and O–H groups in total. The topological polar surface area (TPSA) is 74.6 Å². The summed E-state index contributed by atoms with van der Waals surface area (Å²) in [5, 5.41) is 12.0. The van der Waals surface area contributed by atoms with E-state index in [0.717, 1.165) is 32.0 Å². The van der Waals surface area contributed by atoms with Crippen molar-refractivity contribution in [3.8, 4) is 11.8 Å². The number of hydrogen-bond donors (Lipinski definition) is 1. The van der Waals surface area contributed by atoms with Gasteiger partial charge in [0.05, 0.1) is 29.9 Å². The van der Waals surface area contributed by atoms with Gasteiger partial charge in [-0.05, 0) is 49.4 Å². The van der Waals surface area contributed by atoms with Gasteiger partial charge in [0.25, 0.3) is 5.91 Å². The number of anilines is 2.